The van der Waals surface area contributed by atoms with Gasteiger partial charge in [0.05, 0.1) is 0 Å². The van der Waals surface area contributed by atoms with Crippen LogP contribution in [0.5, 0.6) is 0 Å². The fourth-order valence-electron chi connectivity index (χ4n) is 3.05. The summed E-state index contributed by atoms with van der Waals surface area (Å²) < 4.78 is 0. The molecular formula is C23H27N3O2. The van der Waals surface area contributed by atoms with Crippen molar-refractivity contribution in [3.63, 3.8) is 0 Å². The van der Waals surface area contributed by atoms with Gasteiger partial charge in [0.2, 0.25) is 5.91 Å². The molecule has 0 fully saturated rings. The number of nitrogens with zero attached hydrogens (tertiary/aromatic N) is 1. The predicted octanol–water partition coefficient (Wildman–Crippen LogP) is 4.70. The van der Waals surface area contributed by atoms with E-state index in [1.54, 1.807) is 11.9 Å². The summed E-state index contributed by atoms with van der Waals surface area (Å²) in [6.45, 7) is 8.54. The quantitative estimate of drug-likeness (QED) is 0.692. The molecule has 3 aromatic rings. The highest BCUT2D eigenvalue weighted by Gasteiger charge is 2.16. The minimum Gasteiger partial charge on any atom is -0.351 e. The number of aromatic amines is 1. The lowest BCUT2D eigenvalue weighted by Gasteiger charge is -2.18. The Bertz CT molecular complexity index is 1030. The van der Waals surface area contributed by atoms with Gasteiger partial charge in [-0.3, -0.25) is 9.59 Å². The summed E-state index contributed by atoms with van der Waals surface area (Å²) in [6.07, 6.45) is 0. The van der Waals surface area contributed by atoms with Crippen LogP contribution in [0.4, 0.5) is 5.69 Å². The van der Waals surface area contributed by atoms with E-state index < -0.39 is 0 Å². The zero-order valence-electron chi connectivity index (χ0n) is 17.1. The third-order valence-corrected chi connectivity index (χ3v) is 4.88. The number of carbonyl (C=O) groups is 2. The van der Waals surface area contributed by atoms with Gasteiger partial charge in [-0.1, -0.05) is 45.0 Å². The monoisotopic (exact) mass is 377 g/mol. The first kappa shape index (κ1) is 19.7. The lowest BCUT2D eigenvalue weighted by molar-refractivity contribution is -0.128. The molecule has 0 aliphatic carbocycles. The van der Waals surface area contributed by atoms with E-state index in [4.69, 9.17) is 0 Å². The number of fused-ring (bicyclic) bond motifs is 1. The van der Waals surface area contributed by atoms with E-state index >= 15 is 0 Å². The number of benzene rings is 2. The molecule has 0 bridgehead atoms. The maximum absolute atomic E-state index is 12.7. The van der Waals surface area contributed by atoms with Crippen molar-refractivity contribution < 1.29 is 9.59 Å². The number of anilines is 1. The second kappa shape index (κ2) is 7.50. The van der Waals surface area contributed by atoms with Crippen LogP contribution in [0.1, 0.15) is 49.3 Å². The van der Waals surface area contributed by atoms with Crippen molar-refractivity contribution in [1.82, 2.24) is 9.88 Å². The van der Waals surface area contributed by atoms with Gasteiger partial charge in [0.15, 0.2) is 0 Å². The molecule has 5 nitrogen and oxygen atoms in total. The fourth-order valence-corrected chi connectivity index (χ4v) is 3.05. The minimum atomic E-state index is -0.189. The Kier molecular flexibility index (Phi) is 5.27. The maximum Gasteiger partial charge on any atom is 0.272 e. The van der Waals surface area contributed by atoms with Crippen LogP contribution in [0.2, 0.25) is 0 Å². The van der Waals surface area contributed by atoms with E-state index in [1.807, 2.05) is 36.4 Å². The molecule has 0 saturated heterocycles. The van der Waals surface area contributed by atoms with Crippen LogP contribution in [0.3, 0.4) is 0 Å². The molecule has 146 valence electrons. The SMILES string of the molecule is CC(=O)N(C)Cc1cccc(NC(=O)c2cc3ccc(C(C)(C)C)cc3[nH]2)c1. The Morgan fingerprint density at radius 2 is 1.82 bits per heavy atom. The van der Waals surface area contributed by atoms with Crippen molar-refractivity contribution in [2.75, 3.05) is 12.4 Å². The number of hydrogen-bond acceptors (Lipinski definition) is 2. The summed E-state index contributed by atoms with van der Waals surface area (Å²) in [5, 5.41) is 3.94. The van der Waals surface area contributed by atoms with Crippen LogP contribution in [-0.2, 0) is 16.8 Å². The van der Waals surface area contributed by atoms with Crippen molar-refractivity contribution in [2.24, 2.45) is 0 Å². The van der Waals surface area contributed by atoms with E-state index in [9.17, 15) is 9.59 Å². The minimum absolute atomic E-state index is 0.00198. The van der Waals surface area contributed by atoms with E-state index in [0.29, 0.717) is 17.9 Å². The average molecular weight is 377 g/mol. The van der Waals surface area contributed by atoms with Crippen LogP contribution in [-0.4, -0.2) is 28.7 Å². The fraction of sp³-hybridized carbons (Fsp3) is 0.304. The Hall–Kier alpha value is -3.08. The summed E-state index contributed by atoms with van der Waals surface area (Å²) in [5.41, 5.74) is 4.41. The molecule has 2 aromatic carbocycles. The van der Waals surface area contributed by atoms with Gasteiger partial charge >= 0.3 is 0 Å². The predicted molar refractivity (Wildman–Crippen MR) is 114 cm³/mol. The van der Waals surface area contributed by atoms with Crippen LogP contribution >= 0.6 is 0 Å². The molecule has 5 heteroatoms. The highest BCUT2D eigenvalue weighted by molar-refractivity contribution is 6.06. The van der Waals surface area contributed by atoms with Crippen LogP contribution < -0.4 is 5.32 Å². The molecule has 0 aliphatic heterocycles. The summed E-state index contributed by atoms with van der Waals surface area (Å²) in [4.78, 5) is 29.0. The molecular weight excluding hydrogens is 350 g/mol. The smallest absolute Gasteiger partial charge is 0.272 e. The lowest BCUT2D eigenvalue weighted by atomic mass is 9.87. The van der Waals surface area contributed by atoms with Gasteiger partial charge in [-0.2, -0.15) is 0 Å². The summed E-state index contributed by atoms with van der Waals surface area (Å²) in [5.74, 6) is -0.187. The summed E-state index contributed by atoms with van der Waals surface area (Å²) >= 11 is 0. The molecule has 0 atom stereocenters. The molecule has 28 heavy (non-hydrogen) atoms. The molecule has 1 aromatic heterocycles. The Labute approximate surface area is 165 Å². The molecule has 0 spiro atoms. The normalized spacial score (nSPS) is 11.5. The number of nitrogens with one attached hydrogen (secondary N) is 2. The van der Waals surface area contributed by atoms with Gasteiger partial charge < -0.3 is 15.2 Å². The van der Waals surface area contributed by atoms with Crippen molar-refractivity contribution in [2.45, 2.75) is 39.7 Å². The van der Waals surface area contributed by atoms with Gasteiger partial charge in [-0.25, -0.2) is 0 Å². The number of hydrogen-bond donors (Lipinski definition) is 2. The third kappa shape index (κ3) is 4.42. The standard InChI is InChI=1S/C23H27N3O2/c1-15(27)26(5)14-16-7-6-8-19(11-16)24-22(28)21-12-17-9-10-18(23(2,3)4)13-20(17)25-21/h6-13,25H,14H2,1-5H3,(H,24,28). The second-order valence-corrected chi connectivity index (χ2v) is 8.26. The zero-order valence-corrected chi connectivity index (χ0v) is 17.1. The first-order chi connectivity index (χ1) is 13.1. The van der Waals surface area contributed by atoms with Crippen LogP contribution in [0, 0.1) is 0 Å². The van der Waals surface area contributed by atoms with Crippen molar-refractivity contribution in [1.29, 1.82) is 0 Å². The maximum atomic E-state index is 12.7. The Balaban J connectivity index is 1.78. The van der Waals surface area contributed by atoms with Gasteiger partial charge in [0.25, 0.3) is 5.91 Å². The van der Waals surface area contributed by atoms with Gasteiger partial charge in [0.1, 0.15) is 5.69 Å². The molecule has 2 amide bonds. The van der Waals surface area contributed by atoms with Crippen molar-refractivity contribution in [3.8, 4) is 0 Å². The first-order valence-corrected chi connectivity index (χ1v) is 9.39. The lowest BCUT2D eigenvalue weighted by Crippen LogP contribution is -2.23. The summed E-state index contributed by atoms with van der Waals surface area (Å²) in [6, 6.07) is 15.7. The molecule has 0 aliphatic rings. The van der Waals surface area contributed by atoms with Gasteiger partial charge in [-0.05, 0) is 40.8 Å². The molecule has 0 radical (unpaired) electrons. The molecule has 3 rings (SSSR count). The molecule has 0 saturated carbocycles. The second-order valence-electron chi connectivity index (χ2n) is 8.26. The number of carbonyl (C=O) groups excluding carboxylic acids is 2. The van der Waals surface area contributed by atoms with E-state index in [2.05, 4.69) is 43.2 Å². The van der Waals surface area contributed by atoms with Crippen LogP contribution in [0.25, 0.3) is 10.9 Å². The van der Waals surface area contributed by atoms with E-state index in [1.165, 1.54) is 12.5 Å². The third-order valence-electron chi connectivity index (χ3n) is 4.88. The van der Waals surface area contributed by atoms with E-state index in [-0.39, 0.29) is 17.2 Å². The number of aromatic nitrogens is 1. The summed E-state index contributed by atoms with van der Waals surface area (Å²) in [7, 11) is 1.75. The highest BCUT2D eigenvalue weighted by Crippen LogP contribution is 2.26. The molecule has 1 heterocycles. The van der Waals surface area contributed by atoms with Gasteiger partial charge in [-0.15, -0.1) is 0 Å². The first-order valence-electron chi connectivity index (χ1n) is 9.39. The highest BCUT2D eigenvalue weighted by atomic mass is 16.2. The van der Waals surface area contributed by atoms with Crippen molar-refractivity contribution >= 4 is 28.4 Å². The van der Waals surface area contributed by atoms with Gasteiger partial charge in [0, 0.05) is 37.1 Å². The topological polar surface area (TPSA) is 65.2 Å². The number of rotatable bonds is 4. The Morgan fingerprint density at radius 3 is 2.50 bits per heavy atom. The molecule has 2 N–H and O–H groups in total. The van der Waals surface area contributed by atoms with E-state index in [0.717, 1.165) is 16.5 Å². The average Bonchev–Trinajstić information content (AvgIpc) is 3.04. The largest absolute Gasteiger partial charge is 0.351 e. The Morgan fingerprint density at radius 1 is 1.07 bits per heavy atom. The zero-order chi connectivity index (χ0) is 20.5. The molecule has 0 unspecified atom stereocenters. The number of amides is 2. The van der Waals surface area contributed by atoms with Crippen LogP contribution in [0.15, 0.2) is 48.5 Å². The van der Waals surface area contributed by atoms with Crippen molar-refractivity contribution in [3.05, 3.63) is 65.4 Å². The number of H-pyrrole nitrogens is 1.